The Morgan fingerprint density at radius 2 is 1.89 bits per heavy atom. The van der Waals surface area contributed by atoms with Crippen molar-refractivity contribution in [3.63, 3.8) is 0 Å². The standard InChI is InChI=1S/C18H23N5O5/c1-4-12-14(26-9(2)24)15(27-10(3)25)18(28-12)23-8-21-13-16(22-11-5-6-11)19-7-20-17(13)23/h7-8,11-12,14-15,18H,4-6H2,1-3H3,(H,19,20,22)/t12-,14-,15?,18-/m1/s1. The van der Waals surface area contributed by atoms with Crippen LogP contribution in [0.15, 0.2) is 12.7 Å². The highest BCUT2D eigenvalue weighted by Gasteiger charge is 2.49. The van der Waals surface area contributed by atoms with Gasteiger partial charge >= 0.3 is 11.9 Å². The van der Waals surface area contributed by atoms with Crippen molar-refractivity contribution in [2.45, 2.75) is 70.6 Å². The zero-order valence-electron chi connectivity index (χ0n) is 16.0. The van der Waals surface area contributed by atoms with Crippen molar-refractivity contribution in [2.75, 3.05) is 5.32 Å². The third-order valence-corrected chi connectivity index (χ3v) is 4.84. The molecule has 0 radical (unpaired) electrons. The lowest BCUT2D eigenvalue weighted by atomic mass is 10.1. The normalized spacial score (nSPS) is 27.0. The van der Waals surface area contributed by atoms with Crippen molar-refractivity contribution in [3.8, 4) is 0 Å². The molecule has 0 aromatic carbocycles. The Bertz CT molecular complexity index is 896. The van der Waals surface area contributed by atoms with Crippen LogP contribution in [0.3, 0.4) is 0 Å². The van der Waals surface area contributed by atoms with Gasteiger partial charge in [-0.15, -0.1) is 0 Å². The molecule has 2 aliphatic rings. The third kappa shape index (κ3) is 3.51. The summed E-state index contributed by atoms with van der Waals surface area (Å²) in [6.07, 6.45) is 3.20. The Labute approximate surface area is 161 Å². The molecule has 10 heteroatoms. The van der Waals surface area contributed by atoms with E-state index in [-0.39, 0.29) is 0 Å². The highest BCUT2D eigenvalue weighted by atomic mass is 16.6. The van der Waals surface area contributed by atoms with Crippen molar-refractivity contribution in [3.05, 3.63) is 12.7 Å². The van der Waals surface area contributed by atoms with Gasteiger partial charge in [0.2, 0.25) is 0 Å². The van der Waals surface area contributed by atoms with Crippen LogP contribution >= 0.6 is 0 Å². The summed E-state index contributed by atoms with van der Waals surface area (Å²) in [6.45, 7) is 4.55. The number of imidazole rings is 1. The topological polar surface area (TPSA) is 117 Å². The molecule has 1 aliphatic heterocycles. The molecule has 0 spiro atoms. The summed E-state index contributed by atoms with van der Waals surface area (Å²) in [5, 5.41) is 3.34. The van der Waals surface area contributed by atoms with Gasteiger partial charge in [-0.1, -0.05) is 6.92 Å². The molecule has 1 aliphatic carbocycles. The maximum atomic E-state index is 11.7. The van der Waals surface area contributed by atoms with E-state index in [0.717, 1.165) is 12.8 Å². The Balaban J connectivity index is 1.71. The first-order valence-electron chi connectivity index (χ1n) is 9.42. The molecule has 10 nitrogen and oxygen atoms in total. The summed E-state index contributed by atoms with van der Waals surface area (Å²) in [7, 11) is 0. The Morgan fingerprint density at radius 3 is 2.54 bits per heavy atom. The van der Waals surface area contributed by atoms with Crippen LogP contribution in [0.4, 0.5) is 5.82 Å². The van der Waals surface area contributed by atoms with Gasteiger partial charge in [-0.05, 0) is 19.3 Å². The number of esters is 2. The van der Waals surface area contributed by atoms with Gasteiger partial charge in [0, 0.05) is 19.9 Å². The maximum Gasteiger partial charge on any atom is 0.303 e. The molecule has 4 rings (SSSR count). The van der Waals surface area contributed by atoms with Gasteiger partial charge in [0.05, 0.1) is 6.33 Å². The minimum Gasteiger partial charge on any atom is -0.456 e. The number of rotatable bonds is 6. The van der Waals surface area contributed by atoms with Crippen LogP contribution in [-0.2, 0) is 23.8 Å². The van der Waals surface area contributed by atoms with E-state index in [1.165, 1.54) is 20.2 Å². The van der Waals surface area contributed by atoms with Crippen molar-refractivity contribution in [1.29, 1.82) is 0 Å². The fraction of sp³-hybridized carbons (Fsp3) is 0.611. The molecule has 0 amide bonds. The van der Waals surface area contributed by atoms with E-state index >= 15 is 0 Å². The SMILES string of the molecule is CC[C@H]1O[C@@H](n2cnc3c(NC4CC4)ncnc32)C(OC(C)=O)[C@@H]1OC(C)=O. The van der Waals surface area contributed by atoms with Gasteiger partial charge in [0.1, 0.15) is 12.4 Å². The number of aromatic nitrogens is 4. The lowest BCUT2D eigenvalue weighted by molar-refractivity contribution is -0.165. The van der Waals surface area contributed by atoms with Gasteiger partial charge in [-0.2, -0.15) is 0 Å². The van der Waals surface area contributed by atoms with Crippen LogP contribution < -0.4 is 5.32 Å². The number of hydrogen-bond donors (Lipinski definition) is 1. The van der Waals surface area contributed by atoms with Crippen LogP contribution in [0.5, 0.6) is 0 Å². The minimum absolute atomic E-state index is 0.414. The number of carbonyl (C=O) groups excluding carboxylic acids is 2. The van der Waals surface area contributed by atoms with Gasteiger partial charge < -0.3 is 19.5 Å². The van der Waals surface area contributed by atoms with Crippen LogP contribution in [0, 0.1) is 0 Å². The van der Waals surface area contributed by atoms with Crippen molar-refractivity contribution >= 4 is 28.9 Å². The first-order valence-corrected chi connectivity index (χ1v) is 9.42. The number of ether oxygens (including phenoxy) is 3. The number of fused-ring (bicyclic) bond motifs is 1. The zero-order chi connectivity index (χ0) is 19.8. The summed E-state index contributed by atoms with van der Waals surface area (Å²) < 4.78 is 18.7. The van der Waals surface area contributed by atoms with Gasteiger partial charge in [-0.3, -0.25) is 14.2 Å². The highest BCUT2D eigenvalue weighted by Crippen LogP contribution is 2.37. The molecule has 0 bridgehead atoms. The number of hydrogen-bond acceptors (Lipinski definition) is 9. The van der Waals surface area contributed by atoms with Crippen molar-refractivity contribution < 1.29 is 23.8 Å². The Kier molecular flexibility index (Phi) is 4.88. The average molecular weight is 389 g/mol. The van der Waals surface area contributed by atoms with E-state index in [2.05, 4.69) is 20.3 Å². The monoisotopic (exact) mass is 389 g/mol. The van der Waals surface area contributed by atoms with Crippen molar-refractivity contribution in [1.82, 2.24) is 19.5 Å². The molecular weight excluding hydrogens is 366 g/mol. The first kappa shape index (κ1) is 18.6. The summed E-state index contributed by atoms with van der Waals surface area (Å²) >= 11 is 0. The largest absolute Gasteiger partial charge is 0.456 e. The van der Waals surface area contributed by atoms with E-state index in [9.17, 15) is 9.59 Å². The average Bonchev–Trinajstić information content (AvgIpc) is 3.26. The van der Waals surface area contributed by atoms with Crippen LogP contribution in [0.25, 0.3) is 11.2 Å². The quantitative estimate of drug-likeness (QED) is 0.735. The molecule has 1 saturated carbocycles. The van der Waals surface area contributed by atoms with Crippen LogP contribution in [0.2, 0.25) is 0 Å². The molecule has 28 heavy (non-hydrogen) atoms. The van der Waals surface area contributed by atoms with E-state index in [0.29, 0.717) is 29.4 Å². The highest BCUT2D eigenvalue weighted by molar-refractivity contribution is 5.83. The van der Waals surface area contributed by atoms with E-state index in [1.807, 2.05) is 6.92 Å². The molecule has 2 aromatic heterocycles. The summed E-state index contributed by atoms with van der Waals surface area (Å²) in [5.41, 5.74) is 1.17. The van der Waals surface area contributed by atoms with Crippen LogP contribution in [0.1, 0.15) is 46.3 Å². The molecule has 2 fully saturated rings. The molecule has 4 atom stereocenters. The third-order valence-electron chi connectivity index (χ3n) is 4.84. The molecule has 1 unspecified atom stereocenters. The number of nitrogens with zero attached hydrogens (tertiary/aromatic N) is 4. The predicted octanol–water partition coefficient (Wildman–Crippen LogP) is 1.57. The number of anilines is 1. The Morgan fingerprint density at radius 1 is 1.18 bits per heavy atom. The van der Waals surface area contributed by atoms with Crippen molar-refractivity contribution in [2.24, 2.45) is 0 Å². The smallest absolute Gasteiger partial charge is 0.303 e. The first-order chi connectivity index (χ1) is 13.5. The summed E-state index contributed by atoms with van der Waals surface area (Å²) in [4.78, 5) is 36.4. The van der Waals surface area contributed by atoms with E-state index in [4.69, 9.17) is 14.2 Å². The minimum atomic E-state index is -0.807. The fourth-order valence-electron chi connectivity index (χ4n) is 3.48. The molecule has 1 saturated heterocycles. The van der Waals surface area contributed by atoms with E-state index in [1.54, 1.807) is 10.9 Å². The molecule has 2 aromatic rings. The van der Waals surface area contributed by atoms with Gasteiger partial charge in [0.15, 0.2) is 35.4 Å². The maximum absolute atomic E-state index is 11.7. The lowest BCUT2D eigenvalue weighted by Gasteiger charge is -2.23. The van der Waals surface area contributed by atoms with Gasteiger partial charge in [-0.25, -0.2) is 15.0 Å². The zero-order valence-corrected chi connectivity index (χ0v) is 16.0. The fourth-order valence-corrected chi connectivity index (χ4v) is 3.48. The molecular formula is C18H23N5O5. The van der Waals surface area contributed by atoms with E-state index < -0.39 is 36.5 Å². The van der Waals surface area contributed by atoms with Gasteiger partial charge in [0.25, 0.3) is 0 Å². The second kappa shape index (κ2) is 7.34. The Hall–Kier alpha value is -2.75. The number of carbonyl (C=O) groups is 2. The molecule has 150 valence electrons. The number of nitrogens with one attached hydrogen (secondary N) is 1. The summed E-state index contributed by atoms with van der Waals surface area (Å²) in [6, 6.07) is 0.414. The predicted molar refractivity (Wildman–Crippen MR) is 97.3 cm³/mol. The second-order valence-corrected chi connectivity index (χ2v) is 7.09. The van der Waals surface area contributed by atoms with Crippen LogP contribution in [-0.4, -0.2) is 55.8 Å². The molecule has 1 N–H and O–H groups in total. The summed E-state index contributed by atoms with van der Waals surface area (Å²) in [5.74, 6) is -0.280. The second-order valence-electron chi connectivity index (χ2n) is 7.09. The lowest BCUT2D eigenvalue weighted by Crippen LogP contribution is -2.38. The molecule has 3 heterocycles.